The molecule has 1 aliphatic heterocycles. The van der Waals surface area contributed by atoms with E-state index in [0.717, 1.165) is 32.7 Å². The number of carbonyl (C=O) groups is 1. The zero-order chi connectivity index (χ0) is 12.8. The Morgan fingerprint density at radius 3 is 2.10 bits per heavy atom. The Morgan fingerprint density at radius 1 is 1.15 bits per heavy atom. The van der Waals surface area contributed by atoms with Crippen molar-refractivity contribution in [3.8, 4) is 0 Å². The zero-order valence-corrected chi connectivity index (χ0v) is 15.0. The maximum absolute atomic E-state index is 11.6. The van der Waals surface area contributed by atoms with Crippen molar-refractivity contribution in [3.05, 3.63) is 0 Å². The van der Waals surface area contributed by atoms with Gasteiger partial charge in [0.15, 0.2) is 0 Å². The Balaban J connectivity index is -0.000000963. The Morgan fingerprint density at radius 2 is 1.65 bits per heavy atom. The average Bonchev–Trinajstić information content (AvgIpc) is 2.30. The number of nitrogens with zero attached hydrogens (tertiary/aromatic N) is 2. The lowest BCUT2D eigenvalue weighted by Gasteiger charge is -2.32. The Hall–Kier alpha value is 0.220. The van der Waals surface area contributed by atoms with Crippen molar-refractivity contribution in [2.24, 2.45) is 11.7 Å². The van der Waals surface area contributed by atoms with Crippen LogP contribution in [0.5, 0.6) is 0 Å². The molecule has 1 rings (SSSR count). The molecule has 20 heavy (non-hydrogen) atoms. The van der Waals surface area contributed by atoms with Gasteiger partial charge in [-0.3, -0.25) is 9.69 Å². The lowest BCUT2D eigenvalue weighted by molar-refractivity contribution is -0.123. The van der Waals surface area contributed by atoms with Crippen LogP contribution >= 0.6 is 37.2 Å². The van der Waals surface area contributed by atoms with Crippen LogP contribution < -0.4 is 11.1 Å². The van der Waals surface area contributed by atoms with Crippen LogP contribution in [0, 0.1) is 5.92 Å². The largest absolute Gasteiger partial charge is 0.353 e. The lowest BCUT2D eigenvalue weighted by Crippen LogP contribution is -2.49. The monoisotopic (exact) mass is 350 g/mol. The van der Waals surface area contributed by atoms with Gasteiger partial charge in [-0.1, -0.05) is 13.8 Å². The first-order valence-corrected chi connectivity index (χ1v) is 6.45. The molecule has 1 amide bonds. The summed E-state index contributed by atoms with van der Waals surface area (Å²) < 4.78 is 0. The van der Waals surface area contributed by atoms with Crippen LogP contribution in [0.3, 0.4) is 0 Å². The van der Waals surface area contributed by atoms with Crippen LogP contribution in [-0.4, -0.2) is 68.1 Å². The molecule has 1 saturated heterocycles. The molecular weight excluding hydrogens is 323 g/mol. The summed E-state index contributed by atoms with van der Waals surface area (Å²) in [6, 6.07) is -0.387. The Labute approximate surface area is 141 Å². The van der Waals surface area contributed by atoms with Gasteiger partial charge in [0.25, 0.3) is 0 Å². The normalized spacial score (nSPS) is 17.4. The minimum Gasteiger partial charge on any atom is -0.353 e. The average molecular weight is 352 g/mol. The van der Waals surface area contributed by atoms with Gasteiger partial charge < -0.3 is 16.0 Å². The van der Waals surface area contributed by atoms with E-state index < -0.39 is 0 Å². The molecule has 0 bridgehead atoms. The zero-order valence-electron chi connectivity index (χ0n) is 12.5. The molecule has 8 heteroatoms. The second kappa shape index (κ2) is 12.9. The highest BCUT2D eigenvalue weighted by Gasteiger charge is 2.17. The van der Waals surface area contributed by atoms with Gasteiger partial charge in [0.05, 0.1) is 6.04 Å². The highest BCUT2D eigenvalue weighted by molar-refractivity contribution is 5.86. The number of hydrogen-bond acceptors (Lipinski definition) is 4. The third-order valence-corrected chi connectivity index (χ3v) is 3.34. The molecule has 0 aromatic rings. The molecule has 1 heterocycles. The predicted octanol–water partition coefficient (Wildman–Crippen LogP) is 0.599. The van der Waals surface area contributed by atoms with Crippen molar-refractivity contribution in [2.75, 3.05) is 46.3 Å². The number of likely N-dealkylation sites (N-methyl/N-ethyl adjacent to an activating group) is 1. The fraction of sp³-hybridized carbons (Fsp3) is 0.917. The maximum atomic E-state index is 11.6. The van der Waals surface area contributed by atoms with E-state index in [0.29, 0.717) is 6.54 Å². The summed E-state index contributed by atoms with van der Waals surface area (Å²) >= 11 is 0. The lowest BCUT2D eigenvalue weighted by atomic mass is 10.1. The van der Waals surface area contributed by atoms with Gasteiger partial charge in [-0.05, 0) is 13.0 Å². The van der Waals surface area contributed by atoms with Crippen molar-refractivity contribution < 1.29 is 4.79 Å². The van der Waals surface area contributed by atoms with Gasteiger partial charge in [0.1, 0.15) is 0 Å². The first kappa shape index (κ1) is 25.2. The summed E-state index contributed by atoms with van der Waals surface area (Å²) in [6.45, 7) is 9.94. The minimum absolute atomic E-state index is 0. The Bertz CT molecular complexity index is 249. The molecule has 3 N–H and O–H groups in total. The van der Waals surface area contributed by atoms with E-state index in [2.05, 4.69) is 22.2 Å². The number of nitrogens with two attached hydrogens (primary N) is 1. The predicted molar refractivity (Wildman–Crippen MR) is 91.5 cm³/mol. The summed E-state index contributed by atoms with van der Waals surface area (Å²) in [7, 11) is 2.14. The quantitative estimate of drug-likeness (QED) is 0.761. The number of rotatable bonds is 5. The number of piperazine rings is 1. The van der Waals surface area contributed by atoms with E-state index in [4.69, 9.17) is 5.73 Å². The molecule has 1 unspecified atom stereocenters. The summed E-state index contributed by atoms with van der Waals surface area (Å²) in [5, 5.41) is 2.90. The van der Waals surface area contributed by atoms with Gasteiger partial charge in [-0.2, -0.15) is 0 Å². The molecule has 5 nitrogen and oxygen atoms in total. The number of amides is 1. The van der Waals surface area contributed by atoms with Crippen LogP contribution in [0.2, 0.25) is 0 Å². The smallest absolute Gasteiger partial charge is 0.237 e. The fourth-order valence-electron chi connectivity index (χ4n) is 1.83. The van der Waals surface area contributed by atoms with Crippen molar-refractivity contribution in [3.63, 3.8) is 0 Å². The third-order valence-electron chi connectivity index (χ3n) is 3.34. The molecule has 0 spiro atoms. The SMILES string of the molecule is CC(C)C(N)C(=O)NCCN1CCN(C)CC1.Cl.Cl.Cl. The summed E-state index contributed by atoms with van der Waals surface area (Å²) in [5.74, 6) is 0.160. The molecule has 0 radical (unpaired) electrons. The van der Waals surface area contributed by atoms with Gasteiger partial charge in [-0.15, -0.1) is 37.2 Å². The standard InChI is InChI=1S/C12H26N4O.3ClH/c1-10(2)11(13)12(17)14-4-5-16-8-6-15(3)7-9-16;;;/h10-11H,4-9,13H2,1-3H3,(H,14,17);3*1H. The molecule has 124 valence electrons. The number of nitrogens with one attached hydrogen (secondary N) is 1. The molecular formula is C12H29Cl3N4O. The second-order valence-corrected chi connectivity index (χ2v) is 5.21. The minimum atomic E-state index is -0.387. The number of hydrogen-bond donors (Lipinski definition) is 2. The second-order valence-electron chi connectivity index (χ2n) is 5.21. The topological polar surface area (TPSA) is 61.6 Å². The molecule has 0 aromatic heterocycles. The molecule has 0 aliphatic carbocycles. The van der Waals surface area contributed by atoms with Gasteiger partial charge >= 0.3 is 0 Å². The van der Waals surface area contributed by atoms with Crippen LogP contribution in [0.4, 0.5) is 0 Å². The fourth-order valence-corrected chi connectivity index (χ4v) is 1.83. The van der Waals surface area contributed by atoms with Crippen molar-refractivity contribution >= 4 is 43.1 Å². The van der Waals surface area contributed by atoms with Crippen LogP contribution in [-0.2, 0) is 4.79 Å². The molecule has 1 aliphatic rings. The molecule has 0 aromatic carbocycles. The summed E-state index contributed by atoms with van der Waals surface area (Å²) in [6.07, 6.45) is 0. The maximum Gasteiger partial charge on any atom is 0.237 e. The first-order valence-electron chi connectivity index (χ1n) is 6.45. The van der Waals surface area contributed by atoms with Gasteiger partial charge in [0.2, 0.25) is 5.91 Å². The van der Waals surface area contributed by atoms with Crippen LogP contribution in [0.25, 0.3) is 0 Å². The van der Waals surface area contributed by atoms with E-state index in [1.807, 2.05) is 13.8 Å². The van der Waals surface area contributed by atoms with Crippen molar-refractivity contribution in [1.82, 2.24) is 15.1 Å². The highest BCUT2D eigenvalue weighted by Crippen LogP contribution is 1.99. The molecule has 0 saturated carbocycles. The van der Waals surface area contributed by atoms with E-state index in [1.54, 1.807) is 0 Å². The Kier molecular flexibility index (Phi) is 16.3. The van der Waals surface area contributed by atoms with Gasteiger partial charge in [-0.25, -0.2) is 0 Å². The van der Waals surface area contributed by atoms with Gasteiger partial charge in [0, 0.05) is 39.3 Å². The van der Waals surface area contributed by atoms with E-state index in [1.165, 1.54) is 0 Å². The first-order chi connectivity index (χ1) is 8.00. The third kappa shape index (κ3) is 9.21. The van der Waals surface area contributed by atoms with Crippen molar-refractivity contribution in [1.29, 1.82) is 0 Å². The van der Waals surface area contributed by atoms with Crippen molar-refractivity contribution in [2.45, 2.75) is 19.9 Å². The molecule has 1 fully saturated rings. The number of halogens is 3. The highest BCUT2D eigenvalue weighted by atomic mass is 35.5. The number of carbonyl (C=O) groups excluding carboxylic acids is 1. The summed E-state index contributed by atoms with van der Waals surface area (Å²) in [4.78, 5) is 16.3. The van der Waals surface area contributed by atoms with Crippen LogP contribution in [0.1, 0.15) is 13.8 Å². The van der Waals surface area contributed by atoms with E-state index >= 15 is 0 Å². The molecule has 1 atom stereocenters. The van der Waals surface area contributed by atoms with Crippen LogP contribution in [0.15, 0.2) is 0 Å². The van der Waals surface area contributed by atoms with E-state index in [-0.39, 0.29) is 55.1 Å². The summed E-state index contributed by atoms with van der Waals surface area (Å²) in [5.41, 5.74) is 5.77. The van der Waals surface area contributed by atoms with E-state index in [9.17, 15) is 4.79 Å².